The van der Waals surface area contributed by atoms with Crippen molar-refractivity contribution in [3.05, 3.63) is 0 Å². The number of hydrogen-bond acceptors (Lipinski definition) is 1. The number of nitrogens with one attached hydrogen (secondary N) is 1. The van der Waals surface area contributed by atoms with E-state index in [0.717, 1.165) is 17.9 Å². The van der Waals surface area contributed by atoms with Gasteiger partial charge in [0.25, 0.3) is 0 Å². The molecular formula is C12H23N. The summed E-state index contributed by atoms with van der Waals surface area (Å²) in [6.07, 6.45) is 10.3. The second-order valence-electron chi connectivity index (χ2n) is 5.04. The minimum absolute atomic E-state index is 0.779. The highest BCUT2D eigenvalue weighted by Crippen LogP contribution is 2.29. The molecule has 2 rings (SSSR count). The van der Waals surface area contributed by atoms with E-state index >= 15 is 0 Å². The Morgan fingerprint density at radius 1 is 1.08 bits per heavy atom. The van der Waals surface area contributed by atoms with Gasteiger partial charge in [-0.1, -0.05) is 19.3 Å². The van der Waals surface area contributed by atoms with Gasteiger partial charge in [-0.05, 0) is 51.0 Å². The summed E-state index contributed by atoms with van der Waals surface area (Å²) in [7, 11) is 0. The average Bonchev–Trinajstić information content (AvgIpc) is 2.99. The Morgan fingerprint density at radius 3 is 2.38 bits per heavy atom. The molecule has 0 aliphatic heterocycles. The summed E-state index contributed by atoms with van der Waals surface area (Å²) in [6, 6.07) is 0.779. The molecule has 2 aliphatic carbocycles. The lowest BCUT2D eigenvalue weighted by Crippen LogP contribution is -2.35. The molecule has 1 unspecified atom stereocenters. The Balaban J connectivity index is 1.64. The Kier molecular flexibility index (Phi) is 3.26. The van der Waals surface area contributed by atoms with Crippen molar-refractivity contribution < 1.29 is 0 Å². The molecule has 1 heteroatoms. The molecule has 76 valence electrons. The van der Waals surface area contributed by atoms with Crippen LogP contribution in [-0.2, 0) is 0 Å². The van der Waals surface area contributed by atoms with E-state index in [-0.39, 0.29) is 0 Å². The fourth-order valence-corrected chi connectivity index (χ4v) is 2.48. The van der Waals surface area contributed by atoms with Crippen LogP contribution in [0.4, 0.5) is 0 Å². The highest BCUT2D eigenvalue weighted by atomic mass is 14.9. The molecule has 0 aromatic heterocycles. The highest BCUT2D eigenvalue weighted by molar-refractivity contribution is 4.80. The van der Waals surface area contributed by atoms with Crippen molar-refractivity contribution in [2.45, 2.75) is 57.9 Å². The summed E-state index contributed by atoms with van der Waals surface area (Å²) < 4.78 is 0. The quantitative estimate of drug-likeness (QED) is 0.703. The molecule has 1 atom stereocenters. The van der Waals surface area contributed by atoms with Gasteiger partial charge in [-0.25, -0.2) is 0 Å². The van der Waals surface area contributed by atoms with Crippen LogP contribution in [0.2, 0.25) is 0 Å². The smallest absolute Gasteiger partial charge is 0.00671 e. The molecular weight excluding hydrogens is 158 g/mol. The molecule has 0 heterocycles. The number of rotatable bonds is 4. The minimum atomic E-state index is 0.779. The SMILES string of the molecule is CC(NCC1CC1)C1CCCCC1. The van der Waals surface area contributed by atoms with Gasteiger partial charge in [0.05, 0.1) is 0 Å². The normalized spacial score (nSPS) is 27.5. The molecule has 1 nitrogen and oxygen atoms in total. The zero-order valence-corrected chi connectivity index (χ0v) is 8.89. The second kappa shape index (κ2) is 4.45. The minimum Gasteiger partial charge on any atom is -0.314 e. The predicted octanol–water partition coefficient (Wildman–Crippen LogP) is 2.95. The zero-order valence-electron chi connectivity index (χ0n) is 8.89. The van der Waals surface area contributed by atoms with E-state index in [1.807, 2.05) is 0 Å². The van der Waals surface area contributed by atoms with Gasteiger partial charge in [0.2, 0.25) is 0 Å². The van der Waals surface area contributed by atoms with Gasteiger partial charge in [0, 0.05) is 6.04 Å². The van der Waals surface area contributed by atoms with Crippen molar-refractivity contribution >= 4 is 0 Å². The first-order valence-electron chi connectivity index (χ1n) is 6.09. The molecule has 0 spiro atoms. The first-order chi connectivity index (χ1) is 6.36. The van der Waals surface area contributed by atoms with Crippen LogP contribution >= 0.6 is 0 Å². The van der Waals surface area contributed by atoms with Crippen molar-refractivity contribution in [3.63, 3.8) is 0 Å². The maximum atomic E-state index is 3.71. The third-order valence-corrected chi connectivity index (χ3v) is 3.78. The van der Waals surface area contributed by atoms with Crippen molar-refractivity contribution in [2.75, 3.05) is 6.54 Å². The average molecular weight is 181 g/mol. The molecule has 2 saturated carbocycles. The molecule has 2 fully saturated rings. The van der Waals surface area contributed by atoms with Crippen molar-refractivity contribution in [2.24, 2.45) is 11.8 Å². The lowest BCUT2D eigenvalue weighted by molar-refractivity contribution is 0.280. The third kappa shape index (κ3) is 2.98. The maximum Gasteiger partial charge on any atom is 0.00671 e. The summed E-state index contributed by atoms with van der Waals surface area (Å²) in [6.45, 7) is 3.68. The van der Waals surface area contributed by atoms with Gasteiger partial charge in [-0.2, -0.15) is 0 Å². The van der Waals surface area contributed by atoms with Gasteiger partial charge in [0.15, 0.2) is 0 Å². The molecule has 0 amide bonds. The summed E-state index contributed by atoms with van der Waals surface area (Å²) >= 11 is 0. The molecule has 2 aliphatic rings. The molecule has 13 heavy (non-hydrogen) atoms. The number of hydrogen-bond donors (Lipinski definition) is 1. The standard InChI is InChI=1S/C12H23N/c1-10(13-9-11-7-8-11)12-5-3-2-4-6-12/h10-13H,2-9H2,1H3. The van der Waals surface area contributed by atoms with Gasteiger partial charge in [0.1, 0.15) is 0 Å². The van der Waals surface area contributed by atoms with Crippen LogP contribution in [0.5, 0.6) is 0 Å². The van der Waals surface area contributed by atoms with Crippen molar-refractivity contribution in [1.29, 1.82) is 0 Å². The van der Waals surface area contributed by atoms with Crippen molar-refractivity contribution in [1.82, 2.24) is 5.32 Å². The van der Waals surface area contributed by atoms with E-state index < -0.39 is 0 Å². The van der Waals surface area contributed by atoms with E-state index in [9.17, 15) is 0 Å². The Bertz CT molecular complexity index is 145. The van der Waals surface area contributed by atoms with Crippen LogP contribution in [0.25, 0.3) is 0 Å². The summed E-state index contributed by atoms with van der Waals surface area (Å²) in [5, 5.41) is 3.71. The van der Waals surface area contributed by atoms with Crippen LogP contribution in [0.1, 0.15) is 51.9 Å². The van der Waals surface area contributed by atoms with Gasteiger partial charge >= 0.3 is 0 Å². The fraction of sp³-hybridized carbons (Fsp3) is 1.00. The Morgan fingerprint density at radius 2 is 1.77 bits per heavy atom. The molecule has 0 bridgehead atoms. The highest BCUT2D eigenvalue weighted by Gasteiger charge is 2.24. The summed E-state index contributed by atoms with van der Waals surface area (Å²) in [5.74, 6) is 2.01. The van der Waals surface area contributed by atoms with Crippen LogP contribution in [0.3, 0.4) is 0 Å². The van der Waals surface area contributed by atoms with E-state index in [0.29, 0.717) is 0 Å². The van der Waals surface area contributed by atoms with Gasteiger partial charge in [-0.3, -0.25) is 0 Å². The molecule has 1 N–H and O–H groups in total. The van der Waals surface area contributed by atoms with Crippen LogP contribution in [0.15, 0.2) is 0 Å². The lowest BCUT2D eigenvalue weighted by atomic mass is 9.84. The summed E-state index contributed by atoms with van der Waals surface area (Å²) in [4.78, 5) is 0. The largest absolute Gasteiger partial charge is 0.314 e. The van der Waals surface area contributed by atoms with Gasteiger partial charge < -0.3 is 5.32 Å². The van der Waals surface area contributed by atoms with E-state index in [4.69, 9.17) is 0 Å². The first-order valence-corrected chi connectivity index (χ1v) is 6.09. The molecule has 0 saturated heterocycles. The van der Waals surface area contributed by atoms with Crippen LogP contribution < -0.4 is 5.32 Å². The molecule has 0 aromatic carbocycles. The monoisotopic (exact) mass is 181 g/mol. The van der Waals surface area contributed by atoms with Crippen LogP contribution in [-0.4, -0.2) is 12.6 Å². The van der Waals surface area contributed by atoms with Crippen molar-refractivity contribution in [3.8, 4) is 0 Å². The van der Waals surface area contributed by atoms with Crippen LogP contribution in [0, 0.1) is 11.8 Å². The third-order valence-electron chi connectivity index (χ3n) is 3.78. The second-order valence-corrected chi connectivity index (χ2v) is 5.04. The maximum absolute atomic E-state index is 3.71. The van der Waals surface area contributed by atoms with Gasteiger partial charge in [-0.15, -0.1) is 0 Å². The van der Waals surface area contributed by atoms with E-state index in [2.05, 4.69) is 12.2 Å². The van der Waals surface area contributed by atoms with E-state index in [1.54, 1.807) is 0 Å². The Hall–Kier alpha value is -0.0400. The topological polar surface area (TPSA) is 12.0 Å². The Labute approximate surface area is 82.3 Å². The zero-order chi connectivity index (χ0) is 9.10. The first kappa shape index (κ1) is 9.51. The predicted molar refractivity (Wildman–Crippen MR) is 56.8 cm³/mol. The lowest BCUT2D eigenvalue weighted by Gasteiger charge is -2.28. The molecule has 0 radical (unpaired) electrons. The fourth-order valence-electron chi connectivity index (χ4n) is 2.48. The molecule has 0 aromatic rings. The van der Waals surface area contributed by atoms with E-state index in [1.165, 1.54) is 51.5 Å². The summed E-state index contributed by atoms with van der Waals surface area (Å²) in [5.41, 5.74) is 0.